The Hall–Kier alpha value is -3.02. The molecule has 0 saturated carbocycles. The van der Waals surface area contributed by atoms with Gasteiger partial charge in [0.2, 0.25) is 0 Å². The number of amides is 2. The Morgan fingerprint density at radius 2 is 1.57 bits per heavy atom. The number of nitrogens with zero attached hydrogens (tertiary/aromatic N) is 2. The van der Waals surface area contributed by atoms with Crippen LogP contribution in [0.2, 0.25) is 10.0 Å². The summed E-state index contributed by atoms with van der Waals surface area (Å²) >= 11 is 12.2. The molecule has 2 aliphatic rings. The average molecular weight is 537 g/mol. The van der Waals surface area contributed by atoms with Crippen molar-refractivity contribution in [1.82, 2.24) is 4.90 Å². The number of nitrogens with one attached hydrogen (secondary N) is 1. The smallest absolute Gasteiger partial charge is 0.257 e. The number of likely N-dealkylation sites (tertiary alicyclic amines) is 1. The molecule has 2 fully saturated rings. The number of carbonyl (C=O) groups excluding carboxylic acids is 2. The number of hydrogen-bond donors (Lipinski definition) is 1. The van der Waals surface area contributed by atoms with E-state index in [9.17, 15) is 9.59 Å². The van der Waals surface area contributed by atoms with E-state index in [0.29, 0.717) is 27.8 Å². The normalized spacial score (nSPS) is 16.2. The van der Waals surface area contributed by atoms with Crippen LogP contribution in [0.4, 0.5) is 11.4 Å². The standard InChI is InChI=1S/C30H31Cl2N3O2/c31-23-8-10-25(27(32)19-23)29(36)33-24-9-11-28(26(20-24)30(37)35-14-4-5-15-35)34-16-12-22(13-17-34)18-21-6-2-1-3-7-21/h1-3,6-11,19-20,22H,4-5,12-18H2,(H,33,36). The van der Waals surface area contributed by atoms with Crippen LogP contribution in [-0.4, -0.2) is 42.9 Å². The molecule has 192 valence electrons. The first kappa shape index (κ1) is 25.6. The Morgan fingerprint density at radius 3 is 2.27 bits per heavy atom. The van der Waals surface area contributed by atoms with Gasteiger partial charge in [-0.25, -0.2) is 0 Å². The van der Waals surface area contributed by atoms with E-state index in [-0.39, 0.29) is 16.8 Å². The molecular weight excluding hydrogens is 505 g/mol. The van der Waals surface area contributed by atoms with Gasteiger partial charge >= 0.3 is 0 Å². The maximum Gasteiger partial charge on any atom is 0.257 e. The largest absolute Gasteiger partial charge is 0.371 e. The van der Waals surface area contributed by atoms with Crippen LogP contribution in [0.5, 0.6) is 0 Å². The molecule has 2 amide bonds. The second-order valence-corrected chi connectivity index (χ2v) is 10.8. The highest BCUT2D eigenvalue weighted by molar-refractivity contribution is 6.37. The second-order valence-electron chi connectivity index (χ2n) is 9.93. The van der Waals surface area contributed by atoms with Crippen LogP contribution in [0, 0.1) is 5.92 Å². The van der Waals surface area contributed by atoms with Gasteiger partial charge in [-0.3, -0.25) is 9.59 Å². The SMILES string of the molecule is O=C(Nc1ccc(N2CCC(Cc3ccccc3)CC2)c(C(=O)N2CCCC2)c1)c1ccc(Cl)cc1Cl. The molecule has 0 bridgehead atoms. The summed E-state index contributed by atoms with van der Waals surface area (Å²) in [5, 5.41) is 3.67. The van der Waals surface area contributed by atoms with Gasteiger partial charge in [-0.05, 0) is 80.0 Å². The van der Waals surface area contributed by atoms with Crippen molar-refractivity contribution < 1.29 is 9.59 Å². The third-order valence-electron chi connectivity index (χ3n) is 7.38. The zero-order chi connectivity index (χ0) is 25.8. The van der Waals surface area contributed by atoms with Gasteiger partial charge in [0.05, 0.1) is 16.1 Å². The van der Waals surface area contributed by atoms with Gasteiger partial charge in [-0.15, -0.1) is 0 Å². The summed E-state index contributed by atoms with van der Waals surface area (Å²) < 4.78 is 0. The van der Waals surface area contributed by atoms with Crippen molar-refractivity contribution in [3.8, 4) is 0 Å². The molecule has 7 heteroatoms. The molecule has 3 aromatic carbocycles. The number of carbonyl (C=O) groups is 2. The van der Waals surface area contributed by atoms with Crippen LogP contribution in [0.25, 0.3) is 0 Å². The monoisotopic (exact) mass is 535 g/mol. The topological polar surface area (TPSA) is 52.7 Å². The molecule has 0 unspecified atom stereocenters. The molecule has 2 saturated heterocycles. The predicted molar refractivity (Wildman–Crippen MR) is 151 cm³/mol. The van der Waals surface area contributed by atoms with E-state index in [1.54, 1.807) is 18.2 Å². The highest BCUT2D eigenvalue weighted by Crippen LogP contribution is 2.32. The molecule has 0 radical (unpaired) electrons. The summed E-state index contributed by atoms with van der Waals surface area (Å²) in [5.41, 5.74) is 3.87. The average Bonchev–Trinajstić information content (AvgIpc) is 3.44. The molecule has 1 N–H and O–H groups in total. The van der Waals surface area contributed by atoms with Gasteiger partial charge in [0.15, 0.2) is 0 Å². The van der Waals surface area contributed by atoms with Crippen LogP contribution in [0.3, 0.4) is 0 Å². The van der Waals surface area contributed by atoms with Gasteiger partial charge in [0, 0.05) is 42.6 Å². The lowest BCUT2D eigenvalue weighted by Crippen LogP contribution is -2.36. The number of halogens is 2. The Kier molecular flexibility index (Phi) is 8.02. The number of rotatable bonds is 6. The van der Waals surface area contributed by atoms with Crippen molar-refractivity contribution in [2.75, 3.05) is 36.4 Å². The van der Waals surface area contributed by atoms with Crippen LogP contribution in [0.1, 0.15) is 52.0 Å². The van der Waals surface area contributed by atoms with E-state index in [4.69, 9.17) is 23.2 Å². The lowest BCUT2D eigenvalue weighted by atomic mass is 9.89. The van der Waals surface area contributed by atoms with Crippen molar-refractivity contribution in [1.29, 1.82) is 0 Å². The fourth-order valence-electron chi connectivity index (χ4n) is 5.35. The van der Waals surface area contributed by atoms with E-state index >= 15 is 0 Å². The number of benzene rings is 3. The lowest BCUT2D eigenvalue weighted by molar-refractivity contribution is 0.0793. The van der Waals surface area contributed by atoms with Crippen molar-refractivity contribution in [2.24, 2.45) is 5.92 Å². The maximum atomic E-state index is 13.6. The van der Waals surface area contributed by atoms with E-state index in [0.717, 1.165) is 64.0 Å². The Labute approximate surface area is 228 Å². The summed E-state index contributed by atoms with van der Waals surface area (Å²) in [5.74, 6) is 0.328. The molecular formula is C30H31Cl2N3O2. The van der Waals surface area contributed by atoms with Gasteiger partial charge < -0.3 is 15.1 Å². The number of piperidine rings is 1. The molecule has 5 nitrogen and oxygen atoms in total. The molecule has 2 heterocycles. The molecule has 0 atom stereocenters. The minimum Gasteiger partial charge on any atom is -0.371 e. The summed E-state index contributed by atoms with van der Waals surface area (Å²) in [6.45, 7) is 3.36. The van der Waals surface area contributed by atoms with Gasteiger partial charge in [-0.1, -0.05) is 53.5 Å². The van der Waals surface area contributed by atoms with Crippen molar-refractivity contribution in [3.63, 3.8) is 0 Å². The summed E-state index contributed by atoms with van der Waals surface area (Å²) in [6, 6.07) is 21.1. The Bertz CT molecular complexity index is 1270. The molecule has 5 rings (SSSR count). The highest BCUT2D eigenvalue weighted by atomic mass is 35.5. The summed E-state index contributed by atoms with van der Waals surface area (Å²) in [4.78, 5) is 30.7. The second kappa shape index (κ2) is 11.6. The minimum atomic E-state index is -0.337. The third kappa shape index (κ3) is 6.11. The van der Waals surface area contributed by atoms with Gasteiger partial charge in [0.25, 0.3) is 11.8 Å². The predicted octanol–water partition coefficient (Wildman–Crippen LogP) is 6.94. The van der Waals surface area contributed by atoms with Crippen molar-refractivity contribution in [2.45, 2.75) is 32.1 Å². The molecule has 37 heavy (non-hydrogen) atoms. The summed E-state index contributed by atoms with van der Waals surface area (Å²) in [6.07, 6.45) is 5.31. The van der Waals surface area contributed by atoms with E-state index < -0.39 is 0 Å². The Morgan fingerprint density at radius 1 is 0.838 bits per heavy atom. The van der Waals surface area contributed by atoms with Gasteiger partial charge in [-0.2, -0.15) is 0 Å². The van der Waals surface area contributed by atoms with Crippen LogP contribution >= 0.6 is 23.2 Å². The third-order valence-corrected chi connectivity index (χ3v) is 7.92. The zero-order valence-electron chi connectivity index (χ0n) is 20.8. The Balaban J connectivity index is 1.34. The minimum absolute atomic E-state index is 0.0273. The molecule has 0 spiro atoms. The molecule has 0 aromatic heterocycles. The summed E-state index contributed by atoms with van der Waals surface area (Å²) in [7, 11) is 0. The lowest BCUT2D eigenvalue weighted by Gasteiger charge is -2.35. The maximum absolute atomic E-state index is 13.6. The highest BCUT2D eigenvalue weighted by Gasteiger charge is 2.27. The van der Waals surface area contributed by atoms with E-state index in [2.05, 4.69) is 40.5 Å². The number of hydrogen-bond acceptors (Lipinski definition) is 3. The van der Waals surface area contributed by atoms with Gasteiger partial charge in [0.1, 0.15) is 0 Å². The molecule has 2 aliphatic heterocycles. The number of anilines is 2. The fraction of sp³-hybridized carbons (Fsp3) is 0.333. The quantitative estimate of drug-likeness (QED) is 0.371. The van der Waals surface area contributed by atoms with Crippen LogP contribution in [0.15, 0.2) is 66.7 Å². The first-order chi connectivity index (χ1) is 18.0. The zero-order valence-corrected chi connectivity index (χ0v) is 22.3. The van der Waals surface area contributed by atoms with Crippen molar-refractivity contribution >= 4 is 46.4 Å². The first-order valence-electron chi connectivity index (χ1n) is 13.0. The van der Waals surface area contributed by atoms with E-state index in [1.807, 2.05) is 23.1 Å². The van der Waals surface area contributed by atoms with Crippen molar-refractivity contribution in [3.05, 3.63) is 93.5 Å². The van der Waals surface area contributed by atoms with E-state index in [1.165, 1.54) is 5.56 Å². The first-order valence-corrected chi connectivity index (χ1v) is 13.7. The van der Waals surface area contributed by atoms with Crippen LogP contribution < -0.4 is 10.2 Å². The van der Waals surface area contributed by atoms with Crippen LogP contribution in [-0.2, 0) is 6.42 Å². The molecule has 3 aromatic rings. The molecule has 0 aliphatic carbocycles. The fourth-order valence-corrected chi connectivity index (χ4v) is 5.84.